The van der Waals surface area contributed by atoms with E-state index >= 15 is 0 Å². The van der Waals surface area contributed by atoms with Gasteiger partial charge in [0.1, 0.15) is 5.78 Å². The van der Waals surface area contributed by atoms with E-state index in [1.165, 1.54) is 11.1 Å². The van der Waals surface area contributed by atoms with Crippen LogP contribution >= 0.6 is 0 Å². The predicted molar refractivity (Wildman–Crippen MR) is 73.3 cm³/mol. The maximum Gasteiger partial charge on any atom is 0.135 e. The van der Waals surface area contributed by atoms with Crippen molar-refractivity contribution in [1.82, 2.24) is 0 Å². The molecule has 0 saturated heterocycles. The van der Waals surface area contributed by atoms with Crippen molar-refractivity contribution in [2.75, 3.05) is 0 Å². The van der Waals surface area contributed by atoms with Gasteiger partial charge in [-0.3, -0.25) is 4.79 Å². The zero-order valence-electron chi connectivity index (χ0n) is 11.5. The lowest BCUT2D eigenvalue weighted by Gasteiger charge is -2.07. The van der Waals surface area contributed by atoms with Crippen LogP contribution in [0.25, 0.3) is 0 Å². The molecule has 0 fully saturated rings. The maximum absolute atomic E-state index is 11.5. The fraction of sp³-hybridized carbons (Fsp3) is 0.562. The molecular weight excluding hydrogens is 208 g/mol. The first-order valence-electron chi connectivity index (χ1n) is 6.62. The molecule has 94 valence electrons. The van der Waals surface area contributed by atoms with E-state index in [1.54, 1.807) is 0 Å². The molecule has 0 aliphatic heterocycles. The second kappa shape index (κ2) is 6.58. The van der Waals surface area contributed by atoms with Crippen LogP contribution in [0.1, 0.15) is 57.6 Å². The topological polar surface area (TPSA) is 17.1 Å². The van der Waals surface area contributed by atoms with Crippen LogP contribution in [0.2, 0.25) is 0 Å². The van der Waals surface area contributed by atoms with Crippen molar-refractivity contribution in [3.8, 4) is 0 Å². The highest BCUT2D eigenvalue weighted by molar-refractivity contribution is 5.80. The van der Waals surface area contributed by atoms with Gasteiger partial charge in [0.15, 0.2) is 0 Å². The number of Topliss-reactive ketones (excluding diaryl/α,β-unsaturated/α-hetero) is 1. The third-order valence-electron chi connectivity index (χ3n) is 3.18. The summed E-state index contributed by atoms with van der Waals surface area (Å²) in [6, 6.07) is 8.78. The summed E-state index contributed by atoms with van der Waals surface area (Å²) in [5.74, 6) is 1.15. The number of rotatable bonds is 6. The smallest absolute Gasteiger partial charge is 0.135 e. The van der Waals surface area contributed by atoms with E-state index in [1.807, 2.05) is 13.8 Å². The third-order valence-corrected chi connectivity index (χ3v) is 3.18. The van der Waals surface area contributed by atoms with Gasteiger partial charge in [0.05, 0.1) is 0 Å². The summed E-state index contributed by atoms with van der Waals surface area (Å²) in [6.07, 6.45) is 2.69. The van der Waals surface area contributed by atoms with Crippen molar-refractivity contribution in [1.29, 1.82) is 0 Å². The number of ketones is 1. The van der Waals surface area contributed by atoms with Gasteiger partial charge >= 0.3 is 0 Å². The van der Waals surface area contributed by atoms with Crippen LogP contribution in [-0.2, 0) is 11.2 Å². The average Bonchev–Trinajstić information content (AvgIpc) is 2.29. The Kier molecular flexibility index (Phi) is 5.40. The van der Waals surface area contributed by atoms with Gasteiger partial charge in [-0.25, -0.2) is 0 Å². The molecule has 1 nitrogen and oxygen atoms in total. The first kappa shape index (κ1) is 14.0. The maximum atomic E-state index is 11.5. The Balaban J connectivity index is 2.40. The molecule has 0 bridgehead atoms. The van der Waals surface area contributed by atoms with E-state index in [9.17, 15) is 4.79 Å². The van der Waals surface area contributed by atoms with Crippen LogP contribution in [0.3, 0.4) is 0 Å². The molecule has 0 aromatic heterocycles. The van der Waals surface area contributed by atoms with E-state index in [-0.39, 0.29) is 5.92 Å². The summed E-state index contributed by atoms with van der Waals surface area (Å²) >= 11 is 0. The van der Waals surface area contributed by atoms with Gasteiger partial charge in [-0.2, -0.15) is 0 Å². The fourth-order valence-electron chi connectivity index (χ4n) is 1.82. The van der Waals surface area contributed by atoms with Crippen molar-refractivity contribution < 1.29 is 4.79 Å². The molecule has 0 atom stereocenters. The van der Waals surface area contributed by atoms with Crippen LogP contribution < -0.4 is 0 Å². The number of carbonyl (C=O) groups excluding carboxylic acids is 1. The van der Waals surface area contributed by atoms with Crippen molar-refractivity contribution in [3.63, 3.8) is 0 Å². The van der Waals surface area contributed by atoms with Crippen molar-refractivity contribution in [2.45, 2.75) is 52.9 Å². The molecule has 0 spiro atoms. The highest BCUT2D eigenvalue weighted by Gasteiger charge is 2.06. The van der Waals surface area contributed by atoms with Gasteiger partial charge in [0.25, 0.3) is 0 Å². The minimum atomic E-state index is 0.179. The zero-order valence-corrected chi connectivity index (χ0v) is 11.5. The highest BCUT2D eigenvalue weighted by Crippen LogP contribution is 2.16. The number of aryl methyl sites for hydroxylation is 1. The van der Waals surface area contributed by atoms with Gasteiger partial charge in [-0.05, 0) is 29.9 Å². The molecule has 0 radical (unpaired) electrons. The number of hydrogen-bond acceptors (Lipinski definition) is 1. The van der Waals surface area contributed by atoms with Crippen molar-refractivity contribution >= 4 is 5.78 Å². The molecule has 0 heterocycles. The second-order valence-electron chi connectivity index (χ2n) is 5.37. The normalized spacial score (nSPS) is 11.2. The van der Waals surface area contributed by atoms with Gasteiger partial charge < -0.3 is 0 Å². The largest absolute Gasteiger partial charge is 0.299 e. The van der Waals surface area contributed by atoms with Gasteiger partial charge in [0.2, 0.25) is 0 Å². The number of benzene rings is 1. The summed E-state index contributed by atoms with van der Waals surface area (Å²) in [6.45, 7) is 8.35. The Hall–Kier alpha value is -1.11. The summed E-state index contributed by atoms with van der Waals surface area (Å²) in [7, 11) is 0. The Morgan fingerprint density at radius 1 is 1.06 bits per heavy atom. The predicted octanol–water partition coefficient (Wildman–Crippen LogP) is 4.36. The quantitative estimate of drug-likeness (QED) is 0.712. The SMILES string of the molecule is CC(C)C(=O)CCCc1ccc(C(C)C)cc1. The lowest BCUT2D eigenvalue weighted by atomic mass is 9.98. The average molecular weight is 232 g/mol. The summed E-state index contributed by atoms with van der Waals surface area (Å²) in [4.78, 5) is 11.5. The molecule has 0 amide bonds. The van der Waals surface area contributed by atoms with Crippen LogP contribution in [0.4, 0.5) is 0 Å². The number of carbonyl (C=O) groups is 1. The summed E-state index contributed by atoms with van der Waals surface area (Å²) in [5.41, 5.74) is 2.72. The second-order valence-corrected chi connectivity index (χ2v) is 5.37. The minimum absolute atomic E-state index is 0.179. The minimum Gasteiger partial charge on any atom is -0.299 e. The standard InChI is InChI=1S/C16H24O/c1-12(2)15-10-8-14(9-11-15)6-5-7-16(17)13(3)4/h8-13H,5-7H2,1-4H3. The van der Waals surface area contributed by atoms with E-state index in [2.05, 4.69) is 38.1 Å². The third kappa shape index (κ3) is 4.72. The first-order chi connectivity index (χ1) is 8.00. The molecule has 1 aromatic rings. The molecule has 1 rings (SSSR count). The monoisotopic (exact) mass is 232 g/mol. The molecule has 0 aliphatic rings. The molecule has 1 aromatic carbocycles. The van der Waals surface area contributed by atoms with Crippen molar-refractivity contribution in [2.24, 2.45) is 5.92 Å². The van der Waals surface area contributed by atoms with Crippen LogP contribution in [0.15, 0.2) is 24.3 Å². The molecular formula is C16H24O. The van der Waals surface area contributed by atoms with E-state index in [4.69, 9.17) is 0 Å². The van der Waals surface area contributed by atoms with E-state index < -0.39 is 0 Å². The molecule has 1 heteroatoms. The van der Waals surface area contributed by atoms with Gasteiger partial charge in [-0.1, -0.05) is 52.0 Å². The summed E-state index contributed by atoms with van der Waals surface area (Å²) < 4.78 is 0. The lowest BCUT2D eigenvalue weighted by Crippen LogP contribution is -2.06. The van der Waals surface area contributed by atoms with E-state index in [0.29, 0.717) is 18.1 Å². The van der Waals surface area contributed by atoms with E-state index in [0.717, 1.165) is 12.8 Å². The Labute approximate surface area is 105 Å². The molecule has 0 aliphatic carbocycles. The lowest BCUT2D eigenvalue weighted by molar-refractivity contribution is -0.121. The molecule has 0 N–H and O–H groups in total. The van der Waals surface area contributed by atoms with Crippen LogP contribution in [0, 0.1) is 5.92 Å². The molecule has 17 heavy (non-hydrogen) atoms. The van der Waals surface area contributed by atoms with Crippen LogP contribution in [-0.4, -0.2) is 5.78 Å². The Morgan fingerprint density at radius 2 is 1.65 bits per heavy atom. The number of hydrogen-bond donors (Lipinski definition) is 0. The van der Waals surface area contributed by atoms with Gasteiger partial charge in [-0.15, -0.1) is 0 Å². The molecule has 0 unspecified atom stereocenters. The van der Waals surface area contributed by atoms with Gasteiger partial charge in [0, 0.05) is 12.3 Å². The zero-order chi connectivity index (χ0) is 12.8. The Morgan fingerprint density at radius 3 is 2.12 bits per heavy atom. The van der Waals surface area contributed by atoms with Crippen LogP contribution in [0.5, 0.6) is 0 Å². The Bertz CT molecular complexity index is 346. The molecule has 0 saturated carbocycles. The first-order valence-corrected chi connectivity index (χ1v) is 6.62. The highest BCUT2D eigenvalue weighted by atomic mass is 16.1. The fourth-order valence-corrected chi connectivity index (χ4v) is 1.82. The van der Waals surface area contributed by atoms with Crippen molar-refractivity contribution in [3.05, 3.63) is 35.4 Å². The summed E-state index contributed by atoms with van der Waals surface area (Å²) in [5, 5.41) is 0.